The van der Waals surface area contributed by atoms with Crippen LogP contribution in [-0.2, 0) is 13.0 Å². The molecule has 144 valence electrons. The van der Waals surface area contributed by atoms with Crippen molar-refractivity contribution in [3.8, 4) is 5.75 Å². The monoisotopic (exact) mass is 394 g/mol. The molecule has 1 heterocycles. The molecule has 28 heavy (non-hydrogen) atoms. The van der Waals surface area contributed by atoms with Crippen molar-refractivity contribution in [3.05, 3.63) is 76.8 Å². The Morgan fingerprint density at radius 3 is 2.75 bits per heavy atom. The van der Waals surface area contributed by atoms with Crippen LogP contribution in [0.4, 0.5) is 15.6 Å². The van der Waals surface area contributed by atoms with Crippen LogP contribution in [0.15, 0.2) is 55.1 Å². The van der Waals surface area contributed by atoms with Crippen molar-refractivity contribution < 1.29 is 9.53 Å². The third-order valence-electron chi connectivity index (χ3n) is 4.14. The van der Waals surface area contributed by atoms with Crippen molar-refractivity contribution >= 4 is 28.2 Å². The van der Waals surface area contributed by atoms with Gasteiger partial charge in [0, 0.05) is 5.69 Å². The number of urea groups is 1. The molecule has 0 radical (unpaired) electrons. The number of hydrogen-bond acceptors (Lipinski definition) is 5. The highest BCUT2D eigenvalue weighted by molar-refractivity contribution is 7.15. The number of amides is 2. The number of aromatic nitrogens is 2. The predicted molar refractivity (Wildman–Crippen MR) is 113 cm³/mol. The van der Waals surface area contributed by atoms with Crippen molar-refractivity contribution in [2.45, 2.75) is 26.9 Å². The summed E-state index contributed by atoms with van der Waals surface area (Å²) in [6.45, 7) is 8.08. The van der Waals surface area contributed by atoms with Crippen molar-refractivity contribution in [2.24, 2.45) is 0 Å². The molecule has 0 spiro atoms. The number of hydrogen-bond donors (Lipinski definition) is 2. The normalized spacial score (nSPS) is 10.4. The average molecular weight is 395 g/mol. The first-order valence-electron chi connectivity index (χ1n) is 8.84. The Morgan fingerprint density at radius 1 is 1.14 bits per heavy atom. The van der Waals surface area contributed by atoms with Gasteiger partial charge in [-0.3, -0.25) is 5.32 Å². The molecule has 0 fully saturated rings. The fourth-order valence-electron chi connectivity index (χ4n) is 2.55. The second kappa shape index (κ2) is 9.14. The number of nitrogens with zero attached hydrogens (tertiary/aromatic N) is 2. The fraction of sp³-hybridized carbons (Fsp3) is 0.190. The van der Waals surface area contributed by atoms with Gasteiger partial charge in [-0.25, -0.2) is 4.79 Å². The fourth-order valence-corrected chi connectivity index (χ4v) is 3.20. The van der Waals surface area contributed by atoms with Gasteiger partial charge < -0.3 is 10.1 Å². The second-order valence-electron chi connectivity index (χ2n) is 6.27. The molecule has 0 aliphatic carbocycles. The van der Waals surface area contributed by atoms with Gasteiger partial charge in [-0.15, -0.1) is 16.8 Å². The number of nitrogens with one attached hydrogen (secondary N) is 2. The van der Waals surface area contributed by atoms with Crippen LogP contribution in [-0.4, -0.2) is 16.2 Å². The Balaban J connectivity index is 1.56. The molecule has 1 aromatic heterocycles. The molecule has 2 amide bonds. The lowest BCUT2D eigenvalue weighted by atomic mass is 10.1. The standard InChI is InChI=1S/C21H22N4O2S/c1-4-7-16-8-5-6-9-18(16)27-13-19-24-25-21(28-19)23-20(26)22-17-11-10-14(2)15(3)12-17/h4-6,8-12H,1,7,13H2,2-3H3,(H2,22,23,25,26). The number of anilines is 2. The Kier molecular flexibility index (Phi) is 6.39. The largest absolute Gasteiger partial charge is 0.486 e. The predicted octanol–water partition coefficient (Wildman–Crippen LogP) is 5.11. The van der Waals surface area contributed by atoms with Crippen LogP contribution in [0.1, 0.15) is 21.7 Å². The summed E-state index contributed by atoms with van der Waals surface area (Å²) in [5.74, 6) is 0.791. The highest BCUT2D eigenvalue weighted by Gasteiger charge is 2.10. The van der Waals surface area contributed by atoms with Crippen LogP contribution in [0.5, 0.6) is 5.75 Å². The summed E-state index contributed by atoms with van der Waals surface area (Å²) < 4.78 is 5.85. The molecular weight excluding hydrogens is 372 g/mol. The first-order chi connectivity index (χ1) is 13.5. The molecule has 0 saturated carbocycles. The minimum Gasteiger partial charge on any atom is -0.486 e. The van der Waals surface area contributed by atoms with Gasteiger partial charge in [0.25, 0.3) is 0 Å². The van der Waals surface area contributed by atoms with Gasteiger partial charge in [0.15, 0.2) is 5.01 Å². The van der Waals surface area contributed by atoms with E-state index in [-0.39, 0.29) is 12.6 Å². The summed E-state index contributed by atoms with van der Waals surface area (Å²) in [5.41, 5.74) is 4.08. The summed E-state index contributed by atoms with van der Waals surface area (Å²) in [4.78, 5) is 12.2. The lowest BCUT2D eigenvalue weighted by Gasteiger charge is -2.08. The minimum absolute atomic E-state index is 0.284. The van der Waals surface area contributed by atoms with Crippen molar-refractivity contribution in [3.63, 3.8) is 0 Å². The van der Waals surface area contributed by atoms with E-state index < -0.39 is 0 Å². The molecule has 0 aliphatic heterocycles. The Hall–Kier alpha value is -3.19. The molecule has 3 aromatic rings. The summed E-state index contributed by atoms with van der Waals surface area (Å²) >= 11 is 1.28. The summed E-state index contributed by atoms with van der Waals surface area (Å²) in [5, 5.41) is 14.7. The summed E-state index contributed by atoms with van der Waals surface area (Å²) in [6, 6.07) is 13.2. The highest BCUT2D eigenvalue weighted by Crippen LogP contribution is 2.22. The SMILES string of the molecule is C=CCc1ccccc1OCc1nnc(NC(=O)Nc2ccc(C)c(C)c2)s1. The van der Waals surface area contributed by atoms with Crippen LogP contribution < -0.4 is 15.4 Å². The lowest BCUT2D eigenvalue weighted by molar-refractivity contribution is 0.262. The Morgan fingerprint density at radius 2 is 1.96 bits per heavy atom. The van der Waals surface area contributed by atoms with Gasteiger partial charge in [0.1, 0.15) is 12.4 Å². The number of rotatable bonds is 7. The van der Waals surface area contributed by atoms with Crippen LogP contribution in [0.25, 0.3) is 0 Å². The number of allylic oxidation sites excluding steroid dienone is 1. The van der Waals surface area contributed by atoms with E-state index in [0.29, 0.717) is 10.1 Å². The van der Waals surface area contributed by atoms with Crippen molar-refractivity contribution in [2.75, 3.05) is 10.6 Å². The second-order valence-corrected chi connectivity index (χ2v) is 7.33. The van der Waals surface area contributed by atoms with E-state index in [1.807, 2.05) is 62.4 Å². The molecular formula is C21H22N4O2S. The molecule has 0 bridgehead atoms. The molecule has 3 rings (SSSR count). The first-order valence-corrected chi connectivity index (χ1v) is 9.66. The van der Waals surface area contributed by atoms with Gasteiger partial charge in [0.2, 0.25) is 5.13 Å². The maximum absolute atomic E-state index is 12.2. The molecule has 2 N–H and O–H groups in total. The first kappa shape index (κ1) is 19.6. The molecule has 6 nitrogen and oxygen atoms in total. The van der Waals surface area contributed by atoms with Crippen molar-refractivity contribution in [1.29, 1.82) is 0 Å². The van der Waals surface area contributed by atoms with Gasteiger partial charge in [-0.2, -0.15) is 0 Å². The maximum atomic E-state index is 12.2. The smallest absolute Gasteiger partial charge is 0.325 e. The Bertz CT molecular complexity index is 984. The van der Waals surface area contributed by atoms with Crippen LogP contribution >= 0.6 is 11.3 Å². The number of carbonyl (C=O) groups excluding carboxylic acids is 1. The molecule has 0 aliphatic rings. The van der Waals surface area contributed by atoms with Gasteiger partial charge in [0.05, 0.1) is 0 Å². The maximum Gasteiger partial charge on any atom is 0.325 e. The third-order valence-corrected chi connectivity index (χ3v) is 4.95. The average Bonchev–Trinajstić information content (AvgIpc) is 3.11. The van der Waals surface area contributed by atoms with E-state index in [1.54, 1.807) is 0 Å². The number of aryl methyl sites for hydroxylation is 2. The third kappa shape index (κ3) is 5.17. The minimum atomic E-state index is -0.358. The summed E-state index contributed by atoms with van der Waals surface area (Å²) in [7, 11) is 0. The lowest BCUT2D eigenvalue weighted by Crippen LogP contribution is -2.19. The van der Waals surface area contributed by atoms with Crippen LogP contribution in [0.2, 0.25) is 0 Å². The molecule has 2 aromatic carbocycles. The zero-order chi connectivity index (χ0) is 19.9. The van der Waals surface area contributed by atoms with E-state index in [0.717, 1.165) is 29.0 Å². The zero-order valence-corrected chi connectivity index (χ0v) is 16.7. The van der Waals surface area contributed by atoms with E-state index in [2.05, 4.69) is 27.4 Å². The number of ether oxygens (including phenoxy) is 1. The van der Waals surface area contributed by atoms with Gasteiger partial charge in [-0.1, -0.05) is 41.7 Å². The van der Waals surface area contributed by atoms with E-state index in [4.69, 9.17) is 4.74 Å². The van der Waals surface area contributed by atoms with E-state index >= 15 is 0 Å². The molecule has 0 saturated heterocycles. The Labute approximate surface area is 168 Å². The molecule has 0 atom stereocenters. The van der Waals surface area contributed by atoms with Crippen LogP contribution in [0.3, 0.4) is 0 Å². The van der Waals surface area contributed by atoms with Crippen LogP contribution in [0, 0.1) is 13.8 Å². The van der Waals surface area contributed by atoms with Gasteiger partial charge >= 0.3 is 6.03 Å². The van der Waals surface area contributed by atoms with Gasteiger partial charge in [-0.05, 0) is 55.2 Å². The van der Waals surface area contributed by atoms with E-state index in [1.165, 1.54) is 16.9 Å². The number of carbonyl (C=O) groups is 1. The topological polar surface area (TPSA) is 76.1 Å². The number of para-hydroxylation sites is 1. The van der Waals surface area contributed by atoms with Crippen molar-refractivity contribution in [1.82, 2.24) is 10.2 Å². The molecule has 7 heteroatoms. The van der Waals surface area contributed by atoms with E-state index in [9.17, 15) is 4.79 Å². The quantitative estimate of drug-likeness (QED) is 0.546. The molecule has 0 unspecified atom stereocenters. The number of benzene rings is 2. The highest BCUT2D eigenvalue weighted by atomic mass is 32.1. The zero-order valence-electron chi connectivity index (χ0n) is 15.9. The summed E-state index contributed by atoms with van der Waals surface area (Å²) in [6.07, 6.45) is 2.57.